The van der Waals surface area contributed by atoms with Crippen LogP contribution >= 0.6 is 0 Å². The zero-order chi connectivity index (χ0) is 16.5. The Hall–Kier alpha value is -1.88. The SMILES string of the molecule is COC(=O)c1ccc2c(c1)CCC[N+](C(=O)O)(C(C)(C)C)C2. The third kappa shape index (κ3) is 2.73. The molecule has 1 aliphatic rings. The summed E-state index contributed by atoms with van der Waals surface area (Å²) in [7, 11) is 1.36. The number of aryl methyl sites for hydroxylation is 1. The maximum Gasteiger partial charge on any atom is 0.514 e. The molecule has 0 radical (unpaired) electrons. The molecule has 22 heavy (non-hydrogen) atoms. The summed E-state index contributed by atoms with van der Waals surface area (Å²) >= 11 is 0. The number of fused-ring (bicyclic) bond motifs is 1. The van der Waals surface area contributed by atoms with Crippen molar-refractivity contribution in [1.82, 2.24) is 0 Å². The van der Waals surface area contributed by atoms with Crippen molar-refractivity contribution in [3.63, 3.8) is 0 Å². The highest BCUT2D eigenvalue weighted by Crippen LogP contribution is 2.33. The molecule has 1 N–H and O–H groups in total. The molecule has 0 spiro atoms. The first-order valence-electron chi connectivity index (χ1n) is 7.52. The van der Waals surface area contributed by atoms with Crippen molar-refractivity contribution in [2.24, 2.45) is 0 Å². The zero-order valence-electron chi connectivity index (χ0n) is 13.7. The average molecular weight is 306 g/mol. The average Bonchev–Trinajstić information content (AvgIpc) is 2.65. The van der Waals surface area contributed by atoms with E-state index in [9.17, 15) is 14.7 Å². The van der Waals surface area contributed by atoms with E-state index in [4.69, 9.17) is 4.74 Å². The van der Waals surface area contributed by atoms with Crippen LogP contribution in [0.1, 0.15) is 48.7 Å². The zero-order valence-corrected chi connectivity index (χ0v) is 13.7. The second kappa shape index (κ2) is 5.72. The Bertz CT molecular complexity index is 603. The van der Waals surface area contributed by atoms with Crippen LogP contribution in [0.15, 0.2) is 18.2 Å². The van der Waals surface area contributed by atoms with Crippen molar-refractivity contribution in [2.45, 2.75) is 45.7 Å². The number of amides is 1. The first-order chi connectivity index (χ1) is 10.2. The van der Waals surface area contributed by atoms with E-state index in [1.54, 1.807) is 6.07 Å². The van der Waals surface area contributed by atoms with Crippen LogP contribution in [0.2, 0.25) is 0 Å². The predicted molar refractivity (Wildman–Crippen MR) is 82.7 cm³/mol. The summed E-state index contributed by atoms with van der Waals surface area (Å²) in [5.41, 5.74) is 2.18. The molecule has 1 amide bonds. The Morgan fingerprint density at radius 1 is 1.23 bits per heavy atom. The van der Waals surface area contributed by atoms with E-state index >= 15 is 0 Å². The summed E-state index contributed by atoms with van der Waals surface area (Å²) in [4.78, 5) is 23.7. The van der Waals surface area contributed by atoms with Gasteiger partial charge in [0.25, 0.3) is 0 Å². The van der Waals surface area contributed by atoms with E-state index in [0.717, 1.165) is 24.0 Å². The number of esters is 1. The highest BCUT2D eigenvalue weighted by molar-refractivity contribution is 5.89. The lowest BCUT2D eigenvalue weighted by Crippen LogP contribution is -2.62. The van der Waals surface area contributed by atoms with Crippen LogP contribution in [0.3, 0.4) is 0 Å². The smallest absolute Gasteiger partial charge is 0.465 e. The lowest BCUT2D eigenvalue weighted by molar-refractivity contribution is -0.915. The Morgan fingerprint density at radius 2 is 1.91 bits per heavy atom. The van der Waals surface area contributed by atoms with Crippen molar-refractivity contribution < 1.29 is 23.9 Å². The number of hydrogen-bond donors (Lipinski definition) is 1. The number of methoxy groups -OCH3 is 1. The van der Waals surface area contributed by atoms with Gasteiger partial charge in [-0.25, -0.2) is 9.28 Å². The van der Waals surface area contributed by atoms with Gasteiger partial charge in [0.15, 0.2) is 0 Å². The van der Waals surface area contributed by atoms with Crippen molar-refractivity contribution in [1.29, 1.82) is 0 Å². The van der Waals surface area contributed by atoms with Crippen LogP contribution in [0, 0.1) is 0 Å². The van der Waals surface area contributed by atoms with E-state index in [0.29, 0.717) is 18.7 Å². The molecular formula is C17H24NO4+. The number of quaternary nitrogens is 1. The summed E-state index contributed by atoms with van der Waals surface area (Å²) in [6.07, 6.45) is 0.766. The molecule has 1 heterocycles. The maximum absolute atomic E-state index is 12.0. The largest absolute Gasteiger partial charge is 0.514 e. The summed E-state index contributed by atoms with van der Waals surface area (Å²) in [5.74, 6) is -0.359. The Kier molecular flexibility index (Phi) is 4.29. The van der Waals surface area contributed by atoms with Crippen molar-refractivity contribution in [3.05, 3.63) is 34.9 Å². The van der Waals surface area contributed by atoms with Crippen LogP contribution in [-0.2, 0) is 17.7 Å². The summed E-state index contributed by atoms with van der Waals surface area (Å²) in [5, 5.41) is 9.85. The molecule has 0 saturated heterocycles. The number of rotatable bonds is 1. The third-order valence-electron chi connectivity index (χ3n) is 4.70. The van der Waals surface area contributed by atoms with Gasteiger partial charge >= 0.3 is 12.1 Å². The third-order valence-corrected chi connectivity index (χ3v) is 4.70. The molecule has 1 aliphatic heterocycles. The lowest BCUT2D eigenvalue weighted by atomic mass is 9.98. The van der Waals surface area contributed by atoms with Crippen LogP contribution in [0.25, 0.3) is 0 Å². The van der Waals surface area contributed by atoms with Gasteiger partial charge in [0.1, 0.15) is 12.1 Å². The number of benzene rings is 1. The molecule has 1 aromatic carbocycles. The van der Waals surface area contributed by atoms with Gasteiger partial charge in [-0.15, -0.1) is 0 Å². The van der Waals surface area contributed by atoms with Crippen molar-refractivity contribution in [2.75, 3.05) is 13.7 Å². The molecular weight excluding hydrogens is 282 g/mol. The molecule has 1 atom stereocenters. The molecule has 0 aromatic heterocycles. The number of hydrogen-bond acceptors (Lipinski definition) is 3. The van der Waals surface area contributed by atoms with Gasteiger partial charge in [0, 0.05) is 12.0 Å². The van der Waals surface area contributed by atoms with Gasteiger partial charge in [-0.1, -0.05) is 6.07 Å². The minimum atomic E-state index is -0.794. The van der Waals surface area contributed by atoms with Gasteiger partial charge in [-0.05, 0) is 44.9 Å². The van der Waals surface area contributed by atoms with E-state index in [1.165, 1.54) is 7.11 Å². The highest BCUT2D eigenvalue weighted by atomic mass is 16.5. The fourth-order valence-corrected chi connectivity index (χ4v) is 3.19. The van der Waals surface area contributed by atoms with Crippen LogP contribution in [0.5, 0.6) is 0 Å². The minimum Gasteiger partial charge on any atom is -0.465 e. The van der Waals surface area contributed by atoms with Crippen LogP contribution in [-0.4, -0.2) is 40.8 Å². The van der Waals surface area contributed by atoms with Gasteiger partial charge < -0.3 is 9.84 Å². The van der Waals surface area contributed by atoms with Gasteiger partial charge in [-0.3, -0.25) is 0 Å². The maximum atomic E-state index is 12.0. The normalized spacial score (nSPS) is 21.6. The summed E-state index contributed by atoms with van der Waals surface area (Å²) in [6, 6.07) is 5.43. The van der Waals surface area contributed by atoms with Crippen molar-refractivity contribution in [3.8, 4) is 0 Å². The summed E-state index contributed by atoms with van der Waals surface area (Å²) in [6.45, 7) is 6.93. The molecule has 1 unspecified atom stereocenters. The second-order valence-electron chi connectivity index (χ2n) is 6.88. The fraction of sp³-hybridized carbons (Fsp3) is 0.529. The molecule has 0 fully saturated rings. The summed E-state index contributed by atoms with van der Waals surface area (Å²) < 4.78 is 4.77. The monoisotopic (exact) mass is 306 g/mol. The Morgan fingerprint density at radius 3 is 2.45 bits per heavy atom. The molecule has 0 aliphatic carbocycles. The lowest BCUT2D eigenvalue weighted by Gasteiger charge is -2.43. The number of ether oxygens (including phenoxy) is 1. The highest BCUT2D eigenvalue weighted by Gasteiger charge is 2.48. The molecule has 120 valence electrons. The molecule has 1 aromatic rings. The number of carboxylic acid groups (broad SMARTS) is 1. The first kappa shape index (κ1) is 16.5. The van der Waals surface area contributed by atoms with Crippen LogP contribution in [0.4, 0.5) is 4.79 Å². The molecule has 5 nitrogen and oxygen atoms in total. The fourth-order valence-electron chi connectivity index (χ4n) is 3.19. The van der Waals surface area contributed by atoms with E-state index in [-0.39, 0.29) is 10.5 Å². The van der Waals surface area contributed by atoms with Gasteiger partial charge in [-0.2, -0.15) is 4.79 Å². The quantitative estimate of drug-likeness (QED) is 0.639. The van der Waals surface area contributed by atoms with Gasteiger partial charge in [0.2, 0.25) is 0 Å². The van der Waals surface area contributed by atoms with Crippen molar-refractivity contribution >= 4 is 12.1 Å². The second-order valence-corrected chi connectivity index (χ2v) is 6.88. The molecule has 0 saturated carbocycles. The molecule has 5 heteroatoms. The van der Waals surface area contributed by atoms with E-state index in [2.05, 4.69) is 0 Å². The minimum absolute atomic E-state index is 0.0115. The number of carbonyl (C=O) groups is 2. The first-order valence-corrected chi connectivity index (χ1v) is 7.52. The standard InChI is InChI=1S/C17H23NO4/c1-17(2,3)18(16(20)21)9-5-6-12-10-13(15(19)22-4)7-8-14(12)11-18/h7-8,10H,5-6,9,11H2,1-4H3/p+1. The van der Waals surface area contributed by atoms with E-state index in [1.807, 2.05) is 32.9 Å². The topological polar surface area (TPSA) is 63.6 Å². The number of nitrogens with zero attached hydrogens (tertiary/aromatic N) is 1. The van der Waals surface area contributed by atoms with Crippen LogP contribution < -0.4 is 0 Å². The number of carbonyl (C=O) groups excluding carboxylic acids is 1. The van der Waals surface area contributed by atoms with Gasteiger partial charge in [0.05, 0.1) is 19.2 Å². The predicted octanol–water partition coefficient (Wildman–Crippen LogP) is 3.21. The molecule has 0 bridgehead atoms. The van der Waals surface area contributed by atoms with E-state index < -0.39 is 11.6 Å². The molecule has 2 rings (SSSR count). The Labute approximate surface area is 131 Å². The Balaban J connectivity index is 2.47.